The summed E-state index contributed by atoms with van der Waals surface area (Å²) in [5.41, 5.74) is 8.12. The largest absolute Gasteiger partial charge is 0.382 e. The fourth-order valence-electron chi connectivity index (χ4n) is 2.42. The Hall–Kier alpha value is -1.02. The molecule has 0 unspecified atom stereocenters. The molecule has 2 heteroatoms. The molecule has 1 aliphatic rings. The number of hydrogen-bond donors (Lipinski definition) is 2. The van der Waals surface area contributed by atoms with Crippen LogP contribution in [0.4, 0.5) is 5.69 Å². The molecule has 1 saturated carbocycles. The van der Waals surface area contributed by atoms with Crippen LogP contribution in [-0.4, -0.2) is 12.6 Å². The molecule has 0 aliphatic heterocycles. The highest BCUT2D eigenvalue weighted by molar-refractivity contribution is 5.45. The summed E-state index contributed by atoms with van der Waals surface area (Å²) in [7, 11) is 0. The lowest BCUT2D eigenvalue weighted by Gasteiger charge is -2.23. The van der Waals surface area contributed by atoms with Crippen molar-refractivity contribution in [1.82, 2.24) is 0 Å². The quantitative estimate of drug-likeness (QED) is 0.815. The summed E-state index contributed by atoms with van der Waals surface area (Å²) >= 11 is 0. The highest BCUT2D eigenvalue weighted by Gasteiger charge is 2.12. The third kappa shape index (κ3) is 3.24. The molecule has 1 aromatic carbocycles. The first-order chi connectivity index (χ1) is 7.88. The van der Waals surface area contributed by atoms with E-state index in [0.717, 1.165) is 13.0 Å². The Morgan fingerprint density at radius 3 is 2.38 bits per heavy atom. The van der Waals surface area contributed by atoms with Crippen LogP contribution in [0.2, 0.25) is 0 Å². The van der Waals surface area contributed by atoms with E-state index in [1.54, 1.807) is 0 Å². The average Bonchev–Trinajstić information content (AvgIpc) is 2.33. The van der Waals surface area contributed by atoms with Crippen LogP contribution in [-0.2, 0) is 6.42 Å². The fourth-order valence-corrected chi connectivity index (χ4v) is 2.42. The Morgan fingerprint density at radius 1 is 1.06 bits per heavy atom. The van der Waals surface area contributed by atoms with E-state index in [4.69, 9.17) is 5.73 Å². The van der Waals surface area contributed by atoms with Gasteiger partial charge in [0, 0.05) is 11.7 Å². The summed E-state index contributed by atoms with van der Waals surface area (Å²) in [4.78, 5) is 0. The molecule has 0 saturated heterocycles. The number of nitrogens with one attached hydrogen (secondary N) is 1. The summed E-state index contributed by atoms with van der Waals surface area (Å²) in [5, 5.41) is 3.62. The van der Waals surface area contributed by atoms with E-state index in [9.17, 15) is 0 Å². The molecule has 1 aliphatic carbocycles. The molecule has 0 radical (unpaired) electrons. The lowest BCUT2D eigenvalue weighted by atomic mass is 9.95. The van der Waals surface area contributed by atoms with Gasteiger partial charge in [-0.25, -0.2) is 0 Å². The van der Waals surface area contributed by atoms with E-state index < -0.39 is 0 Å². The molecule has 0 atom stereocenters. The second-order valence-electron chi connectivity index (χ2n) is 4.71. The van der Waals surface area contributed by atoms with Crippen molar-refractivity contribution in [3.8, 4) is 0 Å². The summed E-state index contributed by atoms with van der Waals surface area (Å²) < 4.78 is 0. The van der Waals surface area contributed by atoms with Gasteiger partial charge in [-0.05, 0) is 43.5 Å². The van der Waals surface area contributed by atoms with Gasteiger partial charge in [0.15, 0.2) is 0 Å². The van der Waals surface area contributed by atoms with Gasteiger partial charge in [0.1, 0.15) is 0 Å². The number of benzene rings is 1. The van der Waals surface area contributed by atoms with Gasteiger partial charge in [0.25, 0.3) is 0 Å². The maximum Gasteiger partial charge on any atom is 0.0342 e. The molecular formula is C14H22N2. The zero-order valence-electron chi connectivity index (χ0n) is 9.91. The van der Waals surface area contributed by atoms with Crippen LogP contribution in [0.1, 0.15) is 37.7 Å². The Bertz CT molecular complexity index is 299. The molecule has 2 rings (SSSR count). The summed E-state index contributed by atoms with van der Waals surface area (Å²) in [5.74, 6) is 0. The summed E-state index contributed by atoms with van der Waals surface area (Å²) in [6.45, 7) is 0.732. The first-order valence-electron chi connectivity index (χ1n) is 6.44. The van der Waals surface area contributed by atoms with Gasteiger partial charge in [-0.2, -0.15) is 0 Å². The lowest BCUT2D eigenvalue weighted by Crippen LogP contribution is -2.22. The number of nitrogens with two attached hydrogens (primary N) is 1. The van der Waals surface area contributed by atoms with Crippen molar-refractivity contribution in [2.75, 3.05) is 11.9 Å². The normalized spacial score (nSPS) is 17.3. The van der Waals surface area contributed by atoms with E-state index in [2.05, 4.69) is 29.6 Å². The molecule has 0 bridgehead atoms. The Labute approximate surface area is 98.2 Å². The SMILES string of the molecule is NCCc1ccc(NC2CCCCC2)cc1. The third-order valence-corrected chi connectivity index (χ3v) is 3.36. The minimum atomic E-state index is 0.689. The monoisotopic (exact) mass is 218 g/mol. The molecule has 0 spiro atoms. The highest BCUT2D eigenvalue weighted by Crippen LogP contribution is 2.21. The first-order valence-corrected chi connectivity index (χ1v) is 6.44. The Morgan fingerprint density at radius 2 is 1.75 bits per heavy atom. The zero-order chi connectivity index (χ0) is 11.2. The minimum Gasteiger partial charge on any atom is -0.382 e. The molecule has 0 heterocycles. The predicted molar refractivity (Wildman–Crippen MR) is 69.7 cm³/mol. The van der Waals surface area contributed by atoms with Crippen molar-refractivity contribution >= 4 is 5.69 Å². The highest BCUT2D eigenvalue weighted by atomic mass is 14.9. The van der Waals surface area contributed by atoms with Crippen molar-refractivity contribution in [2.45, 2.75) is 44.6 Å². The van der Waals surface area contributed by atoms with Crippen molar-refractivity contribution in [1.29, 1.82) is 0 Å². The van der Waals surface area contributed by atoms with E-state index in [1.807, 2.05) is 0 Å². The van der Waals surface area contributed by atoms with E-state index in [1.165, 1.54) is 43.4 Å². The van der Waals surface area contributed by atoms with Crippen molar-refractivity contribution in [3.05, 3.63) is 29.8 Å². The molecule has 1 fully saturated rings. The maximum atomic E-state index is 5.53. The van der Waals surface area contributed by atoms with E-state index in [-0.39, 0.29) is 0 Å². The fraction of sp³-hybridized carbons (Fsp3) is 0.571. The molecule has 16 heavy (non-hydrogen) atoms. The van der Waals surface area contributed by atoms with Gasteiger partial charge in [0.2, 0.25) is 0 Å². The van der Waals surface area contributed by atoms with Crippen LogP contribution in [0.25, 0.3) is 0 Å². The van der Waals surface area contributed by atoms with Crippen LogP contribution >= 0.6 is 0 Å². The topological polar surface area (TPSA) is 38.0 Å². The van der Waals surface area contributed by atoms with Gasteiger partial charge in [-0.1, -0.05) is 31.4 Å². The Balaban J connectivity index is 1.88. The van der Waals surface area contributed by atoms with Gasteiger partial charge >= 0.3 is 0 Å². The van der Waals surface area contributed by atoms with Crippen LogP contribution in [0.15, 0.2) is 24.3 Å². The van der Waals surface area contributed by atoms with Gasteiger partial charge < -0.3 is 11.1 Å². The summed E-state index contributed by atoms with van der Waals surface area (Å²) in [6, 6.07) is 9.41. The molecule has 88 valence electrons. The smallest absolute Gasteiger partial charge is 0.0342 e. The van der Waals surface area contributed by atoms with Gasteiger partial charge in [-0.3, -0.25) is 0 Å². The van der Waals surface area contributed by atoms with Crippen molar-refractivity contribution < 1.29 is 0 Å². The maximum absolute atomic E-state index is 5.53. The summed E-state index contributed by atoms with van der Waals surface area (Å²) in [6.07, 6.45) is 7.79. The first kappa shape index (κ1) is 11.5. The predicted octanol–water partition coefficient (Wildman–Crippen LogP) is 2.93. The molecule has 0 amide bonds. The minimum absolute atomic E-state index is 0.689. The average molecular weight is 218 g/mol. The van der Waals surface area contributed by atoms with Crippen LogP contribution in [0, 0.1) is 0 Å². The second-order valence-corrected chi connectivity index (χ2v) is 4.71. The number of anilines is 1. The van der Waals surface area contributed by atoms with Gasteiger partial charge in [-0.15, -0.1) is 0 Å². The van der Waals surface area contributed by atoms with E-state index in [0.29, 0.717) is 6.04 Å². The zero-order valence-corrected chi connectivity index (χ0v) is 9.91. The molecule has 1 aromatic rings. The van der Waals surface area contributed by atoms with E-state index >= 15 is 0 Å². The lowest BCUT2D eigenvalue weighted by molar-refractivity contribution is 0.463. The third-order valence-electron chi connectivity index (χ3n) is 3.36. The van der Waals surface area contributed by atoms with Crippen LogP contribution < -0.4 is 11.1 Å². The van der Waals surface area contributed by atoms with Gasteiger partial charge in [0.05, 0.1) is 0 Å². The molecule has 3 N–H and O–H groups in total. The number of hydrogen-bond acceptors (Lipinski definition) is 2. The second kappa shape index (κ2) is 5.90. The molecule has 2 nitrogen and oxygen atoms in total. The Kier molecular flexibility index (Phi) is 4.23. The van der Waals surface area contributed by atoms with Crippen LogP contribution in [0.3, 0.4) is 0 Å². The molecular weight excluding hydrogens is 196 g/mol. The van der Waals surface area contributed by atoms with Crippen LogP contribution in [0.5, 0.6) is 0 Å². The molecule has 0 aromatic heterocycles. The number of rotatable bonds is 4. The van der Waals surface area contributed by atoms with Crippen molar-refractivity contribution in [3.63, 3.8) is 0 Å². The van der Waals surface area contributed by atoms with Crippen molar-refractivity contribution in [2.24, 2.45) is 5.73 Å². The standard InChI is InChI=1S/C14H22N2/c15-11-10-12-6-8-14(9-7-12)16-13-4-2-1-3-5-13/h6-9,13,16H,1-5,10-11,15H2.